The van der Waals surface area contributed by atoms with E-state index in [1.807, 2.05) is 0 Å². The molecule has 0 fully saturated rings. The van der Waals surface area contributed by atoms with Gasteiger partial charge in [0.1, 0.15) is 21.5 Å². The molecule has 0 aliphatic heterocycles. The van der Waals surface area contributed by atoms with Gasteiger partial charge < -0.3 is 10.6 Å². The van der Waals surface area contributed by atoms with Gasteiger partial charge in [0.2, 0.25) is 5.82 Å². The fourth-order valence-electron chi connectivity index (χ4n) is 1.52. The Morgan fingerprint density at radius 2 is 1.85 bits per heavy atom. The SMILES string of the molecule is CNc1cc(NC(C)CS(C)(=O)=O)nc(C(F)(F)F)n1. The van der Waals surface area contributed by atoms with E-state index >= 15 is 0 Å². The van der Waals surface area contributed by atoms with Crippen LogP contribution >= 0.6 is 0 Å². The highest BCUT2D eigenvalue weighted by atomic mass is 32.2. The normalized spacial score (nSPS) is 13.9. The maximum atomic E-state index is 12.6. The van der Waals surface area contributed by atoms with Gasteiger partial charge in [-0.3, -0.25) is 0 Å². The third-order valence-electron chi connectivity index (χ3n) is 2.18. The molecule has 1 aromatic heterocycles. The molecule has 1 atom stereocenters. The highest BCUT2D eigenvalue weighted by Crippen LogP contribution is 2.28. The Kier molecular flexibility index (Phi) is 4.79. The van der Waals surface area contributed by atoms with Gasteiger partial charge in [-0.2, -0.15) is 13.2 Å². The molecule has 10 heteroatoms. The van der Waals surface area contributed by atoms with Crippen LogP contribution in [0.5, 0.6) is 0 Å². The van der Waals surface area contributed by atoms with Crippen LogP contribution in [0, 0.1) is 0 Å². The number of hydrogen-bond acceptors (Lipinski definition) is 6. The van der Waals surface area contributed by atoms with Gasteiger partial charge in [0.15, 0.2) is 0 Å². The third kappa shape index (κ3) is 5.19. The average molecular weight is 312 g/mol. The predicted octanol–water partition coefficient (Wildman–Crippen LogP) is 1.38. The largest absolute Gasteiger partial charge is 0.451 e. The van der Waals surface area contributed by atoms with Crippen LogP contribution in [0.3, 0.4) is 0 Å². The van der Waals surface area contributed by atoms with Crippen molar-refractivity contribution in [3.63, 3.8) is 0 Å². The summed E-state index contributed by atoms with van der Waals surface area (Å²) >= 11 is 0. The summed E-state index contributed by atoms with van der Waals surface area (Å²) < 4.78 is 60.1. The second kappa shape index (κ2) is 5.81. The lowest BCUT2D eigenvalue weighted by Gasteiger charge is -2.15. The van der Waals surface area contributed by atoms with E-state index in [-0.39, 0.29) is 17.4 Å². The summed E-state index contributed by atoms with van der Waals surface area (Å²) in [6.45, 7) is 1.54. The number of nitrogens with zero attached hydrogens (tertiary/aromatic N) is 2. The van der Waals surface area contributed by atoms with Crippen molar-refractivity contribution in [2.24, 2.45) is 0 Å². The second-order valence-electron chi connectivity index (χ2n) is 4.35. The van der Waals surface area contributed by atoms with E-state index in [2.05, 4.69) is 20.6 Å². The zero-order valence-electron chi connectivity index (χ0n) is 11.1. The van der Waals surface area contributed by atoms with E-state index < -0.39 is 27.9 Å². The van der Waals surface area contributed by atoms with E-state index in [1.54, 1.807) is 0 Å². The van der Waals surface area contributed by atoms with E-state index in [0.29, 0.717) is 0 Å². The first-order chi connectivity index (χ1) is 9.01. The quantitative estimate of drug-likeness (QED) is 0.854. The Hall–Kier alpha value is -1.58. The minimum absolute atomic E-state index is 0.0126. The summed E-state index contributed by atoms with van der Waals surface area (Å²) in [5, 5.41) is 5.11. The molecule has 0 amide bonds. The number of nitrogens with one attached hydrogen (secondary N) is 2. The van der Waals surface area contributed by atoms with Gasteiger partial charge in [0, 0.05) is 25.4 Å². The molecule has 0 saturated carbocycles. The molecule has 114 valence electrons. The first-order valence-corrected chi connectivity index (χ1v) is 7.65. The van der Waals surface area contributed by atoms with Crippen molar-refractivity contribution < 1.29 is 21.6 Å². The highest BCUT2D eigenvalue weighted by Gasteiger charge is 2.35. The van der Waals surface area contributed by atoms with Crippen molar-refractivity contribution in [2.45, 2.75) is 19.1 Å². The highest BCUT2D eigenvalue weighted by molar-refractivity contribution is 7.90. The molecule has 1 unspecified atom stereocenters. The molecule has 1 rings (SSSR count). The van der Waals surface area contributed by atoms with Crippen molar-refractivity contribution in [3.05, 3.63) is 11.9 Å². The van der Waals surface area contributed by atoms with Crippen molar-refractivity contribution in [1.29, 1.82) is 0 Å². The molecule has 6 nitrogen and oxygen atoms in total. The Morgan fingerprint density at radius 3 is 2.30 bits per heavy atom. The smallest absolute Gasteiger partial charge is 0.373 e. The lowest BCUT2D eigenvalue weighted by Crippen LogP contribution is -2.26. The number of aromatic nitrogens is 2. The minimum Gasteiger partial charge on any atom is -0.373 e. The summed E-state index contributed by atoms with van der Waals surface area (Å²) in [4.78, 5) is 6.64. The van der Waals surface area contributed by atoms with Gasteiger partial charge >= 0.3 is 6.18 Å². The molecule has 0 radical (unpaired) electrons. The van der Waals surface area contributed by atoms with Crippen LogP contribution in [0.25, 0.3) is 0 Å². The molecule has 0 aliphatic rings. The first kappa shape index (κ1) is 16.5. The zero-order valence-corrected chi connectivity index (χ0v) is 11.9. The topological polar surface area (TPSA) is 84.0 Å². The van der Waals surface area contributed by atoms with Crippen molar-refractivity contribution in [1.82, 2.24) is 9.97 Å². The lowest BCUT2D eigenvalue weighted by molar-refractivity contribution is -0.144. The Labute approximate surface area is 114 Å². The Bertz CT molecular complexity index is 574. The number of alkyl halides is 3. The molecule has 0 spiro atoms. The van der Waals surface area contributed by atoms with Gasteiger partial charge in [0.05, 0.1) is 5.75 Å². The van der Waals surface area contributed by atoms with Crippen LogP contribution in [0.2, 0.25) is 0 Å². The molecule has 2 N–H and O–H groups in total. The lowest BCUT2D eigenvalue weighted by atomic mass is 10.3. The van der Waals surface area contributed by atoms with Gasteiger partial charge in [-0.1, -0.05) is 0 Å². The number of anilines is 2. The summed E-state index contributed by atoms with van der Waals surface area (Å²) in [5.41, 5.74) is 0. The summed E-state index contributed by atoms with van der Waals surface area (Å²) in [6, 6.07) is 0.694. The van der Waals surface area contributed by atoms with E-state index in [0.717, 1.165) is 6.26 Å². The van der Waals surface area contributed by atoms with Crippen molar-refractivity contribution in [2.75, 3.05) is 29.7 Å². The molecule has 20 heavy (non-hydrogen) atoms. The van der Waals surface area contributed by atoms with E-state index in [9.17, 15) is 21.6 Å². The fourth-order valence-corrected chi connectivity index (χ4v) is 2.52. The molecular formula is C10H15F3N4O2S. The number of rotatable bonds is 5. The molecule has 0 aliphatic carbocycles. The van der Waals surface area contributed by atoms with Crippen molar-refractivity contribution >= 4 is 21.5 Å². The molecule has 0 saturated heterocycles. The number of halogens is 3. The minimum atomic E-state index is -4.68. The van der Waals surface area contributed by atoms with Gasteiger partial charge in [-0.15, -0.1) is 0 Å². The van der Waals surface area contributed by atoms with Gasteiger partial charge in [-0.05, 0) is 6.92 Å². The molecule has 1 aromatic rings. The van der Waals surface area contributed by atoms with Crippen LogP contribution in [0.15, 0.2) is 6.07 Å². The maximum Gasteiger partial charge on any atom is 0.451 e. The van der Waals surface area contributed by atoms with Gasteiger partial charge in [-0.25, -0.2) is 18.4 Å². The van der Waals surface area contributed by atoms with Gasteiger partial charge in [0.25, 0.3) is 0 Å². The molecule has 1 heterocycles. The van der Waals surface area contributed by atoms with Crippen LogP contribution in [0.1, 0.15) is 12.7 Å². The average Bonchev–Trinajstić information content (AvgIpc) is 2.24. The number of sulfone groups is 1. The first-order valence-electron chi connectivity index (χ1n) is 5.59. The standard InChI is InChI=1S/C10H15F3N4O2S/c1-6(5-20(3,18)19)15-8-4-7(14-2)16-9(17-8)10(11,12)13/h4,6H,5H2,1-3H3,(H2,14,15,16,17). The predicted molar refractivity (Wildman–Crippen MR) is 69.4 cm³/mol. The summed E-state index contributed by atoms with van der Waals surface area (Å²) in [6.07, 6.45) is -3.63. The molecule has 0 aromatic carbocycles. The summed E-state index contributed by atoms with van der Waals surface area (Å²) in [5.74, 6) is -1.61. The third-order valence-corrected chi connectivity index (χ3v) is 3.29. The zero-order chi connectivity index (χ0) is 15.6. The monoisotopic (exact) mass is 312 g/mol. The Balaban J connectivity index is 3.00. The fraction of sp³-hybridized carbons (Fsp3) is 0.600. The number of hydrogen-bond donors (Lipinski definition) is 2. The van der Waals surface area contributed by atoms with Crippen LogP contribution in [0.4, 0.5) is 24.8 Å². The van der Waals surface area contributed by atoms with Crippen molar-refractivity contribution in [3.8, 4) is 0 Å². The van der Waals surface area contributed by atoms with E-state index in [4.69, 9.17) is 0 Å². The van der Waals surface area contributed by atoms with Crippen LogP contribution in [-0.2, 0) is 16.0 Å². The summed E-state index contributed by atoms with van der Waals surface area (Å²) in [7, 11) is -1.82. The van der Waals surface area contributed by atoms with Crippen LogP contribution in [-0.4, -0.2) is 43.5 Å². The molecular weight excluding hydrogens is 297 g/mol. The second-order valence-corrected chi connectivity index (χ2v) is 6.53. The van der Waals surface area contributed by atoms with E-state index in [1.165, 1.54) is 20.0 Å². The Morgan fingerprint density at radius 1 is 1.30 bits per heavy atom. The maximum absolute atomic E-state index is 12.6. The molecule has 0 bridgehead atoms. The van der Waals surface area contributed by atoms with Crippen LogP contribution < -0.4 is 10.6 Å².